The third-order valence-electron chi connectivity index (χ3n) is 4.88. The smallest absolute Gasteiger partial charge is 0.261 e. The molecule has 2 aromatic carbocycles. The maximum atomic E-state index is 13.0. The van der Waals surface area contributed by atoms with Gasteiger partial charge in [-0.1, -0.05) is 48.3 Å². The Balaban J connectivity index is 2.20. The number of nitrogens with one attached hydrogen (secondary N) is 1. The summed E-state index contributed by atoms with van der Waals surface area (Å²) in [5, 5.41) is 3.87. The maximum absolute atomic E-state index is 13.0. The van der Waals surface area contributed by atoms with Gasteiger partial charge in [-0.3, -0.25) is 9.59 Å². The van der Waals surface area contributed by atoms with Crippen molar-refractivity contribution in [3.05, 3.63) is 63.6 Å². The van der Waals surface area contributed by atoms with Gasteiger partial charge in [0.25, 0.3) is 5.91 Å². The molecule has 0 heterocycles. The van der Waals surface area contributed by atoms with Gasteiger partial charge in [-0.05, 0) is 62.6 Å². The predicted octanol–water partition coefficient (Wildman–Crippen LogP) is 5.01. The second-order valence-corrected chi connectivity index (χ2v) is 8.20. The van der Waals surface area contributed by atoms with E-state index in [1.807, 2.05) is 39.0 Å². The number of carbonyl (C=O) groups excluding carboxylic acids is 2. The molecule has 0 aliphatic heterocycles. The highest BCUT2D eigenvalue weighted by Gasteiger charge is 2.27. The topological polar surface area (TPSA) is 58.6 Å². The van der Waals surface area contributed by atoms with Crippen LogP contribution in [0.15, 0.2) is 42.5 Å². The summed E-state index contributed by atoms with van der Waals surface area (Å²) in [5.74, 6) is 0.0669. The number of amides is 2. The van der Waals surface area contributed by atoms with Crippen LogP contribution >= 0.6 is 23.2 Å². The molecular formula is C23H28Cl2N2O3. The Morgan fingerprint density at radius 1 is 1.13 bits per heavy atom. The van der Waals surface area contributed by atoms with Gasteiger partial charge < -0.3 is 15.0 Å². The van der Waals surface area contributed by atoms with Crippen LogP contribution < -0.4 is 10.1 Å². The fourth-order valence-electron chi connectivity index (χ4n) is 2.81. The summed E-state index contributed by atoms with van der Waals surface area (Å²) in [6.45, 7) is 7.54. The van der Waals surface area contributed by atoms with Gasteiger partial charge in [0.2, 0.25) is 5.91 Å². The van der Waals surface area contributed by atoms with E-state index in [1.165, 1.54) is 4.90 Å². The highest BCUT2D eigenvalue weighted by atomic mass is 35.5. The summed E-state index contributed by atoms with van der Waals surface area (Å²) in [6.07, 6.45) is 0.798. The van der Waals surface area contributed by atoms with Gasteiger partial charge in [0.05, 0.1) is 0 Å². The van der Waals surface area contributed by atoms with Gasteiger partial charge in [-0.15, -0.1) is 0 Å². The Bertz CT molecular complexity index is 889. The molecule has 0 saturated carbocycles. The molecule has 7 heteroatoms. The highest BCUT2D eigenvalue weighted by Crippen LogP contribution is 2.23. The summed E-state index contributed by atoms with van der Waals surface area (Å²) in [5.41, 5.74) is 1.74. The summed E-state index contributed by atoms with van der Waals surface area (Å²) in [4.78, 5) is 27.2. The average Bonchev–Trinajstić information content (AvgIpc) is 2.71. The van der Waals surface area contributed by atoms with Gasteiger partial charge >= 0.3 is 0 Å². The quantitative estimate of drug-likeness (QED) is 0.583. The highest BCUT2D eigenvalue weighted by molar-refractivity contribution is 6.35. The molecule has 1 N–H and O–H groups in total. The number of halogens is 2. The van der Waals surface area contributed by atoms with Crippen LogP contribution in [0.25, 0.3) is 0 Å². The molecule has 0 aliphatic carbocycles. The lowest BCUT2D eigenvalue weighted by molar-refractivity contribution is -0.142. The largest absolute Gasteiger partial charge is 0.484 e. The first-order chi connectivity index (χ1) is 14.2. The standard InChI is InChI=1S/C23H28Cl2N2O3/c1-5-16(3)26-23(29)17(4)27(13-18-9-10-19(24)12-21(18)25)22(28)14-30-20-8-6-7-15(2)11-20/h6-12,16-17H,5,13-14H2,1-4H3,(H,26,29)/t16-,17+/m1/s1. The molecule has 5 nitrogen and oxygen atoms in total. The fourth-order valence-corrected chi connectivity index (χ4v) is 3.28. The van der Waals surface area contributed by atoms with Crippen molar-refractivity contribution in [2.75, 3.05) is 6.61 Å². The summed E-state index contributed by atoms with van der Waals surface area (Å²) in [7, 11) is 0. The monoisotopic (exact) mass is 450 g/mol. The lowest BCUT2D eigenvalue weighted by Gasteiger charge is -2.30. The second kappa shape index (κ2) is 11.2. The van der Waals surface area contributed by atoms with E-state index in [0.29, 0.717) is 21.4 Å². The minimum absolute atomic E-state index is 0.0135. The van der Waals surface area contributed by atoms with Crippen LogP contribution in [0.1, 0.15) is 38.3 Å². The molecule has 30 heavy (non-hydrogen) atoms. The molecule has 2 aromatic rings. The predicted molar refractivity (Wildman–Crippen MR) is 121 cm³/mol. The Morgan fingerprint density at radius 2 is 1.87 bits per heavy atom. The zero-order chi connectivity index (χ0) is 22.3. The Labute approximate surface area is 188 Å². The van der Waals surface area contributed by atoms with E-state index < -0.39 is 6.04 Å². The number of hydrogen-bond acceptors (Lipinski definition) is 3. The number of nitrogens with zero attached hydrogens (tertiary/aromatic N) is 1. The average molecular weight is 451 g/mol. The van der Waals surface area contributed by atoms with E-state index in [-0.39, 0.29) is 31.0 Å². The van der Waals surface area contributed by atoms with Gasteiger partial charge in [0, 0.05) is 22.6 Å². The Morgan fingerprint density at radius 3 is 2.50 bits per heavy atom. The van der Waals surface area contributed by atoms with Crippen LogP contribution in [0.4, 0.5) is 0 Å². The van der Waals surface area contributed by atoms with Crippen LogP contribution in [-0.4, -0.2) is 35.4 Å². The van der Waals surface area contributed by atoms with Crippen LogP contribution in [0, 0.1) is 6.92 Å². The third-order valence-corrected chi connectivity index (χ3v) is 5.46. The lowest BCUT2D eigenvalue weighted by Crippen LogP contribution is -2.50. The molecule has 0 fully saturated rings. The molecule has 0 spiro atoms. The van der Waals surface area contributed by atoms with Crippen molar-refractivity contribution in [1.29, 1.82) is 0 Å². The molecular weight excluding hydrogens is 423 g/mol. The zero-order valence-corrected chi connectivity index (χ0v) is 19.3. The number of rotatable bonds is 9. The van der Waals surface area contributed by atoms with Gasteiger partial charge in [-0.25, -0.2) is 0 Å². The Kier molecular flexibility index (Phi) is 9.00. The first-order valence-electron chi connectivity index (χ1n) is 9.94. The maximum Gasteiger partial charge on any atom is 0.261 e. The van der Waals surface area contributed by atoms with Crippen molar-refractivity contribution < 1.29 is 14.3 Å². The van der Waals surface area contributed by atoms with Crippen LogP contribution in [0.2, 0.25) is 10.0 Å². The van der Waals surface area contributed by atoms with Crippen LogP contribution in [-0.2, 0) is 16.1 Å². The van der Waals surface area contributed by atoms with Crippen molar-refractivity contribution in [3.8, 4) is 5.75 Å². The Hall–Kier alpha value is -2.24. The van der Waals surface area contributed by atoms with Crippen LogP contribution in [0.3, 0.4) is 0 Å². The molecule has 0 aromatic heterocycles. The molecule has 0 saturated heterocycles. The van der Waals surface area contributed by atoms with E-state index in [2.05, 4.69) is 5.32 Å². The van der Waals surface area contributed by atoms with Crippen molar-refractivity contribution >= 4 is 35.0 Å². The van der Waals surface area contributed by atoms with Gasteiger partial charge in [0.1, 0.15) is 11.8 Å². The van der Waals surface area contributed by atoms with Crippen molar-refractivity contribution in [2.45, 2.75) is 52.7 Å². The number of hydrogen-bond donors (Lipinski definition) is 1. The molecule has 0 radical (unpaired) electrons. The second-order valence-electron chi connectivity index (χ2n) is 7.36. The van der Waals surface area contributed by atoms with Crippen molar-refractivity contribution in [3.63, 3.8) is 0 Å². The van der Waals surface area contributed by atoms with Crippen molar-refractivity contribution in [2.24, 2.45) is 0 Å². The first kappa shape index (κ1) is 24.0. The first-order valence-corrected chi connectivity index (χ1v) is 10.7. The van der Waals surface area contributed by atoms with Gasteiger partial charge in [0.15, 0.2) is 6.61 Å². The van der Waals surface area contributed by atoms with Gasteiger partial charge in [-0.2, -0.15) is 0 Å². The zero-order valence-electron chi connectivity index (χ0n) is 17.7. The van der Waals surface area contributed by atoms with Crippen molar-refractivity contribution in [1.82, 2.24) is 10.2 Å². The normalized spacial score (nSPS) is 12.7. The van der Waals surface area contributed by atoms with E-state index in [4.69, 9.17) is 27.9 Å². The summed E-state index contributed by atoms with van der Waals surface area (Å²) in [6, 6.07) is 11.9. The SMILES string of the molecule is CC[C@@H](C)NC(=O)[C@H](C)N(Cc1ccc(Cl)cc1Cl)C(=O)COc1cccc(C)c1. The molecule has 162 valence electrons. The summed E-state index contributed by atoms with van der Waals surface area (Å²) < 4.78 is 5.67. The summed E-state index contributed by atoms with van der Waals surface area (Å²) >= 11 is 12.3. The minimum atomic E-state index is -0.695. The lowest BCUT2D eigenvalue weighted by atomic mass is 10.1. The number of ether oxygens (including phenoxy) is 1. The molecule has 0 bridgehead atoms. The molecule has 2 rings (SSSR count). The van der Waals surface area contributed by atoms with E-state index in [0.717, 1.165) is 12.0 Å². The third kappa shape index (κ3) is 6.92. The van der Waals surface area contributed by atoms with E-state index >= 15 is 0 Å². The van der Waals surface area contributed by atoms with Crippen LogP contribution in [0.5, 0.6) is 5.75 Å². The number of aryl methyl sites for hydroxylation is 1. The molecule has 0 unspecified atom stereocenters. The molecule has 0 aliphatic rings. The van der Waals surface area contributed by atoms with E-state index in [1.54, 1.807) is 31.2 Å². The number of carbonyl (C=O) groups is 2. The minimum Gasteiger partial charge on any atom is -0.484 e. The number of benzene rings is 2. The van der Waals surface area contributed by atoms with E-state index in [9.17, 15) is 9.59 Å². The molecule has 2 atom stereocenters. The fraction of sp³-hybridized carbons (Fsp3) is 0.391. The molecule has 2 amide bonds.